The predicted molar refractivity (Wildman–Crippen MR) is 80.8 cm³/mol. The number of anilines is 2. The number of nitrogens with one attached hydrogen (secondary N) is 1. The van der Waals surface area contributed by atoms with Gasteiger partial charge in [0.05, 0.1) is 0 Å². The molecular formula is C16H18N2O2. The highest BCUT2D eigenvalue weighted by molar-refractivity contribution is 5.94. The van der Waals surface area contributed by atoms with Gasteiger partial charge in [-0.2, -0.15) is 0 Å². The van der Waals surface area contributed by atoms with E-state index in [0.29, 0.717) is 11.4 Å². The molecule has 1 atom stereocenters. The molecule has 0 heterocycles. The van der Waals surface area contributed by atoms with Gasteiger partial charge in [0.1, 0.15) is 5.75 Å². The Hall–Kier alpha value is -2.49. The van der Waals surface area contributed by atoms with Crippen LogP contribution in [0.15, 0.2) is 48.5 Å². The number of amides is 1. The molecule has 104 valence electrons. The lowest BCUT2D eigenvalue weighted by molar-refractivity contribution is -0.122. The number of hydrogen-bond acceptors (Lipinski definition) is 3. The van der Waals surface area contributed by atoms with Crippen molar-refractivity contribution >= 4 is 17.3 Å². The Bertz CT molecular complexity index is 597. The average molecular weight is 270 g/mol. The number of rotatable bonds is 4. The second-order valence-corrected chi connectivity index (χ2v) is 4.64. The van der Waals surface area contributed by atoms with Crippen LogP contribution in [0, 0.1) is 6.92 Å². The van der Waals surface area contributed by atoms with E-state index in [0.717, 1.165) is 11.3 Å². The van der Waals surface area contributed by atoms with Gasteiger partial charge in [-0.05, 0) is 37.6 Å². The fourth-order valence-corrected chi connectivity index (χ4v) is 1.75. The van der Waals surface area contributed by atoms with Gasteiger partial charge >= 0.3 is 0 Å². The quantitative estimate of drug-likeness (QED) is 0.839. The molecule has 2 aromatic carbocycles. The smallest absolute Gasteiger partial charge is 0.265 e. The maximum Gasteiger partial charge on any atom is 0.265 e. The van der Waals surface area contributed by atoms with Gasteiger partial charge in [0.25, 0.3) is 5.91 Å². The topological polar surface area (TPSA) is 64.3 Å². The minimum absolute atomic E-state index is 0.196. The van der Waals surface area contributed by atoms with Gasteiger partial charge < -0.3 is 15.8 Å². The monoisotopic (exact) mass is 270 g/mol. The third-order valence-electron chi connectivity index (χ3n) is 2.93. The zero-order chi connectivity index (χ0) is 14.5. The molecule has 0 bridgehead atoms. The van der Waals surface area contributed by atoms with Gasteiger partial charge in [0.2, 0.25) is 0 Å². The Morgan fingerprint density at radius 2 is 1.90 bits per heavy atom. The van der Waals surface area contributed by atoms with Crippen molar-refractivity contribution in [2.75, 3.05) is 11.1 Å². The first-order chi connectivity index (χ1) is 9.56. The van der Waals surface area contributed by atoms with Gasteiger partial charge in [-0.3, -0.25) is 4.79 Å². The number of hydrogen-bond donors (Lipinski definition) is 2. The van der Waals surface area contributed by atoms with E-state index < -0.39 is 6.10 Å². The second-order valence-electron chi connectivity index (χ2n) is 4.64. The molecular weight excluding hydrogens is 252 g/mol. The summed E-state index contributed by atoms with van der Waals surface area (Å²) in [6.07, 6.45) is -0.601. The van der Waals surface area contributed by atoms with Crippen LogP contribution < -0.4 is 15.8 Å². The van der Waals surface area contributed by atoms with Crippen molar-refractivity contribution in [3.05, 3.63) is 54.1 Å². The van der Waals surface area contributed by atoms with Crippen LogP contribution in [0.3, 0.4) is 0 Å². The number of nitrogens with two attached hydrogens (primary N) is 1. The normalized spacial score (nSPS) is 11.7. The summed E-state index contributed by atoms with van der Waals surface area (Å²) in [4.78, 5) is 12.0. The summed E-state index contributed by atoms with van der Waals surface area (Å²) in [6.45, 7) is 3.62. The highest BCUT2D eigenvalue weighted by atomic mass is 16.5. The molecule has 1 amide bonds. The fraction of sp³-hybridized carbons (Fsp3) is 0.188. The van der Waals surface area contributed by atoms with Crippen LogP contribution in [0.25, 0.3) is 0 Å². The van der Waals surface area contributed by atoms with Crippen LogP contribution >= 0.6 is 0 Å². The lowest BCUT2D eigenvalue weighted by Gasteiger charge is -2.16. The number of nitrogen functional groups attached to an aromatic ring is 1. The van der Waals surface area contributed by atoms with Gasteiger partial charge in [-0.15, -0.1) is 0 Å². The largest absolute Gasteiger partial charge is 0.481 e. The van der Waals surface area contributed by atoms with E-state index in [9.17, 15) is 4.79 Å². The van der Waals surface area contributed by atoms with Crippen molar-refractivity contribution in [2.24, 2.45) is 0 Å². The Morgan fingerprint density at radius 3 is 2.60 bits per heavy atom. The molecule has 0 spiro atoms. The van der Waals surface area contributed by atoms with Crippen molar-refractivity contribution in [3.8, 4) is 5.75 Å². The van der Waals surface area contributed by atoms with Crippen LogP contribution in [-0.2, 0) is 4.79 Å². The minimum Gasteiger partial charge on any atom is -0.481 e. The molecule has 0 saturated carbocycles. The molecule has 3 N–H and O–H groups in total. The average Bonchev–Trinajstić information content (AvgIpc) is 2.44. The highest BCUT2D eigenvalue weighted by Gasteiger charge is 2.15. The first-order valence-electron chi connectivity index (χ1n) is 6.45. The van der Waals surface area contributed by atoms with E-state index in [1.54, 1.807) is 19.1 Å². The second kappa shape index (κ2) is 6.10. The SMILES string of the molecule is Cc1ccc(N)cc1OC(C)C(=O)Nc1ccccc1. The van der Waals surface area contributed by atoms with Crippen molar-refractivity contribution in [2.45, 2.75) is 20.0 Å². The Labute approximate surface area is 118 Å². The first-order valence-corrected chi connectivity index (χ1v) is 6.45. The molecule has 0 aliphatic rings. The number of ether oxygens (including phenoxy) is 1. The van der Waals surface area contributed by atoms with E-state index in [4.69, 9.17) is 10.5 Å². The van der Waals surface area contributed by atoms with E-state index in [-0.39, 0.29) is 5.91 Å². The first kappa shape index (κ1) is 13.9. The maximum absolute atomic E-state index is 12.0. The van der Waals surface area contributed by atoms with Crippen molar-refractivity contribution in [1.29, 1.82) is 0 Å². The minimum atomic E-state index is -0.601. The van der Waals surface area contributed by atoms with Crippen molar-refractivity contribution in [1.82, 2.24) is 0 Å². The van der Waals surface area contributed by atoms with E-state index in [1.807, 2.05) is 43.3 Å². The molecule has 0 aromatic heterocycles. The van der Waals surface area contributed by atoms with Crippen LogP contribution in [0.2, 0.25) is 0 Å². The van der Waals surface area contributed by atoms with Crippen molar-refractivity contribution < 1.29 is 9.53 Å². The number of benzene rings is 2. The maximum atomic E-state index is 12.0. The molecule has 2 rings (SSSR count). The standard InChI is InChI=1S/C16H18N2O2/c1-11-8-9-13(17)10-15(11)20-12(2)16(19)18-14-6-4-3-5-7-14/h3-10,12H,17H2,1-2H3,(H,18,19). The molecule has 2 aromatic rings. The van der Waals surface area contributed by atoms with Gasteiger partial charge in [-0.1, -0.05) is 24.3 Å². The zero-order valence-corrected chi connectivity index (χ0v) is 11.6. The lowest BCUT2D eigenvalue weighted by atomic mass is 10.2. The summed E-state index contributed by atoms with van der Waals surface area (Å²) in [7, 11) is 0. The third kappa shape index (κ3) is 3.51. The summed E-state index contributed by atoms with van der Waals surface area (Å²) >= 11 is 0. The molecule has 20 heavy (non-hydrogen) atoms. The lowest BCUT2D eigenvalue weighted by Crippen LogP contribution is -2.30. The van der Waals surface area contributed by atoms with Gasteiger partial charge in [0, 0.05) is 17.4 Å². The third-order valence-corrected chi connectivity index (χ3v) is 2.93. The van der Waals surface area contributed by atoms with E-state index >= 15 is 0 Å². The number of carbonyl (C=O) groups excluding carboxylic acids is 1. The molecule has 4 heteroatoms. The summed E-state index contributed by atoms with van der Waals surface area (Å²) in [6, 6.07) is 14.7. The molecule has 0 saturated heterocycles. The van der Waals surface area contributed by atoms with E-state index in [1.165, 1.54) is 0 Å². The highest BCUT2D eigenvalue weighted by Crippen LogP contribution is 2.22. The molecule has 0 fully saturated rings. The van der Waals surface area contributed by atoms with Crippen LogP contribution in [0.1, 0.15) is 12.5 Å². The molecule has 1 unspecified atom stereocenters. The van der Waals surface area contributed by atoms with Gasteiger partial charge in [-0.25, -0.2) is 0 Å². The number of para-hydroxylation sites is 1. The number of aryl methyl sites for hydroxylation is 1. The summed E-state index contributed by atoms with van der Waals surface area (Å²) in [5.74, 6) is 0.429. The Morgan fingerprint density at radius 1 is 1.20 bits per heavy atom. The van der Waals surface area contributed by atoms with Gasteiger partial charge in [0.15, 0.2) is 6.10 Å². The van der Waals surface area contributed by atoms with Crippen LogP contribution in [-0.4, -0.2) is 12.0 Å². The molecule has 4 nitrogen and oxygen atoms in total. The summed E-state index contributed by atoms with van der Waals surface area (Å²) in [5.41, 5.74) is 8.03. The van der Waals surface area contributed by atoms with E-state index in [2.05, 4.69) is 5.32 Å². The fourth-order valence-electron chi connectivity index (χ4n) is 1.75. The Balaban J connectivity index is 2.02. The predicted octanol–water partition coefficient (Wildman–Crippen LogP) is 2.98. The number of carbonyl (C=O) groups is 1. The summed E-state index contributed by atoms with van der Waals surface area (Å²) in [5, 5.41) is 2.80. The molecule has 0 aliphatic carbocycles. The molecule has 0 radical (unpaired) electrons. The Kier molecular flexibility index (Phi) is 4.25. The van der Waals surface area contributed by atoms with Crippen LogP contribution in [0.4, 0.5) is 11.4 Å². The molecule has 0 aliphatic heterocycles. The van der Waals surface area contributed by atoms with Crippen molar-refractivity contribution in [3.63, 3.8) is 0 Å². The summed E-state index contributed by atoms with van der Waals surface area (Å²) < 4.78 is 5.67. The zero-order valence-electron chi connectivity index (χ0n) is 11.6. The van der Waals surface area contributed by atoms with Crippen LogP contribution in [0.5, 0.6) is 5.75 Å².